The zero-order valence-corrected chi connectivity index (χ0v) is 19.2. The van der Waals surface area contributed by atoms with Crippen LogP contribution in [0.3, 0.4) is 0 Å². The van der Waals surface area contributed by atoms with Crippen LogP contribution in [0.4, 0.5) is 5.69 Å². The zero-order chi connectivity index (χ0) is 25.3. The second-order valence-electron chi connectivity index (χ2n) is 7.26. The standard InChI is InChI=1S/C20H23N3O4S.C2H2O4/c1-16(24)21-18-7-9-19(10-8-18)28(26,27)23-13-11-22(12-14-23)20(25)15-17-5-3-2-4-6-17;3-1(4)2(5)6/h2-10H,11-15H2,1H3,(H,21,24);(H,3,4)(H,5,6). The lowest BCUT2D eigenvalue weighted by atomic mass is 10.1. The summed E-state index contributed by atoms with van der Waals surface area (Å²) < 4.78 is 27.0. The van der Waals surface area contributed by atoms with Crippen LogP contribution < -0.4 is 5.32 Å². The Morgan fingerprint density at radius 2 is 1.38 bits per heavy atom. The number of sulfonamides is 1. The molecule has 0 spiro atoms. The smallest absolute Gasteiger partial charge is 0.414 e. The van der Waals surface area contributed by atoms with E-state index in [0.717, 1.165) is 5.56 Å². The van der Waals surface area contributed by atoms with Crippen LogP contribution in [-0.2, 0) is 35.6 Å². The average Bonchev–Trinajstić information content (AvgIpc) is 2.80. The number of amides is 2. The minimum absolute atomic E-state index is 0.00269. The first-order valence-electron chi connectivity index (χ1n) is 10.2. The molecule has 1 saturated heterocycles. The van der Waals surface area contributed by atoms with Gasteiger partial charge in [0.2, 0.25) is 21.8 Å². The first-order chi connectivity index (χ1) is 16.0. The lowest BCUT2D eigenvalue weighted by Gasteiger charge is -2.34. The first-order valence-corrected chi connectivity index (χ1v) is 11.6. The van der Waals surface area contributed by atoms with E-state index in [1.165, 1.54) is 23.4 Å². The number of rotatable bonds is 5. The van der Waals surface area contributed by atoms with Gasteiger partial charge in [0.1, 0.15) is 0 Å². The molecule has 2 aromatic rings. The normalized spacial score (nSPS) is 13.9. The molecule has 3 rings (SSSR count). The van der Waals surface area contributed by atoms with Crippen LogP contribution >= 0.6 is 0 Å². The highest BCUT2D eigenvalue weighted by Gasteiger charge is 2.30. The summed E-state index contributed by atoms with van der Waals surface area (Å²) in [6, 6.07) is 15.6. The number of nitrogens with one attached hydrogen (secondary N) is 1. The van der Waals surface area contributed by atoms with E-state index >= 15 is 0 Å². The molecular formula is C22H25N3O8S. The molecule has 34 heavy (non-hydrogen) atoms. The van der Waals surface area contributed by atoms with E-state index in [0.29, 0.717) is 25.2 Å². The summed E-state index contributed by atoms with van der Waals surface area (Å²) in [5.74, 6) is -3.86. The second-order valence-corrected chi connectivity index (χ2v) is 9.20. The molecule has 0 atom stereocenters. The summed E-state index contributed by atoms with van der Waals surface area (Å²) in [7, 11) is -3.63. The maximum atomic E-state index is 12.8. The molecule has 2 amide bonds. The van der Waals surface area contributed by atoms with Gasteiger partial charge in [-0.15, -0.1) is 0 Å². The zero-order valence-electron chi connectivity index (χ0n) is 18.4. The fraction of sp³-hybridized carbons (Fsp3) is 0.273. The van der Waals surface area contributed by atoms with Gasteiger partial charge < -0.3 is 20.4 Å². The molecule has 0 aromatic heterocycles. The van der Waals surface area contributed by atoms with Gasteiger partial charge in [0.25, 0.3) is 0 Å². The first kappa shape index (κ1) is 26.5. The highest BCUT2D eigenvalue weighted by Crippen LogP contribution is 2.20. The number of carbonyl (C=O) groups is 4. The Labute approximate surface area is 196 Å². The van der Waals surface area contributed by atoms with Crippen molar-refractivity contribution in [3.8, 4) is 0 Å². The molecule has 182 valence electrons. The van der Waals surface area contributed by atoms with Crippen LogP contribution in [0.1, 0.15) is 12.5 Å². The van der Waals surface area contributed by atoms with Crippen molar-refractivity contribution >= 4 is 39.5 Å². The predicted molar refractivity (Wildman–Crippen MR) is 122 cm³/mol. The molecule has 3 N–H and O–H groups in total. The summed E-state index contributed by atoms with van der Waals surface area (Å²) in [5.41, 5.74) is 1.49. The topological polar surface area (TPSA) is 161 Å². The number of carbonyl (C=O) groups excluding carboxylic acids is 2. The molecule has 0 bridgehead atoms. The molecule has 1 heterocycles. The van der Waals surface area contributed by atoms with Gasteiger partial charge in [-0.3, -0.25) is 9.59 Å². The van der Waals surface area contributed by atoms with Crippen molar-refractivity contribution in [3.05, 3.63) is 60.2 Å². The quantitative estimate of drug-likeness (QED) is 0.519. The second kappa shape index (κ2) is 11.9. The van der Waals surface area contributed by atoms with Gasteiger partial charge >= 0.3 is 11.9 Å². The van der Waals surface area contributed by atoms with Crippen molar-refractivity contribution in [1.82, 2.24) is 9.21 Å². The van der Waals surface area contributed by atoms with E-state index in [1.807, 2.05) is 30.3 Å². The van der Waals surface area contributed by atoms with Gasteiger partial charge in [-0.1, -0.05) is 30.3 Å². The summed E-state index contributed by atoms with van der Waals surface area (Å²) >= 11 is 0. The Balaban J connectivity index is 0.000000604. The third-order valence-corrected chi connectivity index (χ3v) is 6.70. The molecule has 1 aliphatic heterocycles. The fourth-order valence-electron chi connectivity index (χ4n) is 3.12. The number of anilines is 1. The number of aliphatic carboxylic acids is 2. The Bertz CT molecular complexity index is 1110. The Kier molecular flexibility index (Phi) is 9.27. The summed E-state index contributed by atoms with van der Waals surface area (Å²) in [5, 5.41) is 17.4. The highest BCUT2D eigenvalue weighted by atomic mass is 32.2. The van der Waals surface area contributed by atoms with E-state index in [2.05, 4.69) is 5.32 Å². The summed E-state index contributed by atoms with van der Waals surface area (Å²) in [6.07, 6.45) is 0.318. The van der Waals surface area contributed by atoms with E-state index in [1.54, 1.807) is 17.0 Å². The minimum Gasteiger partial charge on any atom is -0.473 e. The van der Waals surface area contributed by atoms with Crippen LogP contribution in [0.15, 0.2) is 59.5 Å². The van der Waals surface area contributed by atoms with E-state index in [4.69, 9.17) is 19.8 Å². The van der Waals surface area contributed by atoms with Gasteiger partial charge in [-0.25, -0.2) is 18.0 Å². The summed E-state index contributed by atoms with van der Waals surface area (Å²) in [4.78, 5) is 43.6. The number of hydrogen-bond acceptors (Lipinski definition) is 6. The average molecular weight is 492 g/mol. The highest BCUT2D eigenvalue weighted by molar-refractivity contribution is 7.89. The number of piperazine rings is 1. The number of nitrogens with zero attached hydrogens (tertiary/aromatic N) is 2. The van der Waals surface area contributed by atoms with Crippen molar-refractivity contribution in [2.45, 2.75) is 18.2 Å². The lowest BCUT2D eigenvalue weighted by Crippen LogP contribution is -2.50. The van der Waals surface area contributed by atoms with Crippen molar-refractivity contribution in [3.63, 3.8) is 0 Å². The van der Waals surface area contributed by atoms with E-state index in [-0.39, 0.29) is 29.8 Å². The molecule has 11 nitrogen and oxygen atoms in total. The third kappa shape index (κ3) is 7.67. The van der Waals surface area contributed by atoms with Gasteiger partial charge in [0, 0.05) is 38.8 Å². The fourth-order valence-corrected chi connectivity index (χ4v) is 4.54. The van der Waals surface area contributed by atoms with Crippen LogP contribution in [-0.4, -0.2) is 77.8 Å². The minimum atomic E-state index is -3.63. The Morgan fingerprint density at radius 1 is 0.853 bits per heavy atom. The monoisotopic (exact) mass is 491 g/mol. The molecule has 1 aliphatic rings. The van der Waals surface area contributed by atoms with Gasteiger partial charge in [-0.2, -0.15) is 4.31 Å². The Morgan fingerprint density at radius 3 is 1.85 bits per heavy atom. The van der Waals surface area contributed by atoms with Crippen LogP contribution in [0, 0.1) is 0 Å². The maximum absolute atomic E-state index is 12.8. The van der Waals surface area contributed by atoms with E-state index < -0.39 is 22.0 Å². The van der Waals surface area contributed by atoms with Crippen molar-refractivity contribution in [1.29, 1.82) is 0 Å². The van der Waals surface area contributed by atoms with Gasteiger partial charge in [0.15, 0.2) is 0 Å². The van der Waals surface area contributed by atoms with E-state index in [9.17, 15) is 18.0 Å². The molecule has 0 aliphatic carbocycles. The van der Waals surface area contributed by atoms with Crippen molar-refractivity contribution in [2.24, 2.45) is 0 Å². The third-order valence-electron chi connectivity index (χ3n) is 4.78. The summed E-state index contributed by atoms with van der Waals surface area (Å²) in [6.45, 7) is 2.65. The molecular weight excluding hydrogens is 466 g/mol. The van der Waals surface area contributed by atoms with Gasteiger partial charge in [0.05, 0.1) is 11.3 Å². The SMILES string of the molecule is CC(=O)Nc1ccc(S(=O)(=O)N2CCN(C(=O)Cc3ccccc3)CC2)cc1.O=C(O)C(=O)O. The predicted octanol–water partition coefficient (Wildman–Crippen LogP) is 0.876. The number of carboxylic acids is 2. The molecule has 12 heteroatoms. The molecule has 2 aromatic carbocycles. The number of benzene rings is 2. The van der Waals surface area contributed by atoms with Crippen LogP contribution in [0.25, 0.3) is 0 Å². The Hall–Kier alpha value is -3.77. The van der Waals surface area contributed by atoms with Crippen molar-refractivity contribution < 1.29 is 37.8 Å². The van der Waals surface area contributed by atoms with Gasteiger partial charge in [-0.05, 0) is 29.8 Å². The van der Waals surface area contributed by atoms with Crippen LogP contribution in [0.2, 0.25) is 0 Å². The van der Waals surface area contributed by atoms with Crippen LogP contribution in [0.5, 0.6) is 0 Å². The molecule has 0 unspecified atom stereocenters. The number of carboxylic acid groups (broad SMARTS) is 2. The largest absolute Gasteiger partial charge is 0.473 e. The van der Waals surface area contributed by atoms with Crippen molar-refractivity contribution in [2.75, 3.05) is 31.5 Å². The maximum Gasteiger partial charge on any atom is 0.414 e. The molecule has 0 radical (unpaired) electrons. The lowest BCUT2D eigenvalue weighted by molar-refractivity contribution is -0.159. The molecule has 0 saturated carbocycles. The molecule has 1 fully saturated rings. The number of hydrogen-bond donors (Lipinski definition) is 3.